The first-order valence-electron chi connectivity index (χ1n) is 10.7. The molecule has 0 saturated heterocycles. The fourth-order valence-corrected chi connectivity index (χ4v) is 5.98. The first-order valence-corrected chi connectivity index (χ1v) is 12.9. The van der Waals surface area contributed by atoms with Crippen molar-refractivity contribution in [1.29, 1.82) is 0 Å². The lowest BCUT2D eigenvalue weighted by atomic mass is 9.93. The van der Waals surface area contributed by atoms with Crippen molar-refractivity contribution < 1.29 is 27.8 Å². The number of aromatic nitrogens is 2. The molecule has 0 saturated carbocycles. The van der Waals surface area contributed by atoms with E-state index in [0.717, 1.165) is 5.69 Å². The van der Waals surface area contributed by atoms with Gasteiger partial charge in [-0.25, -0.2) is 8.42 Å². The van der Waals surface area contributed by atoms with Crippen LogP contribution in [0.2, 0.25) is 10.0 Å². The van der Waals surface area contributed by atoms with Crippen LogP contribution in [0.15, 0.2) is 47.5 Å². The van der Waals surface area contributed by atoms with Crippen molar-refractivity contribution in [2.24, 2.45) is 0 Å². The normalized spacial score (nSPS) is 15.6. The lowest BCUT2D eigenvalue weighted by Gasteiger charge is -2.31. The zero-order valence-electron chi connectivity index (χ0n) is 18.9. The van der Waals surface area contributed by atoms with Crippen LogP contribution in [-0.4, -0.2) is 47.7 Å². The van der Waals surface area contributed by atoms with Crippen molar-refractivity contribution in [3.63, 3.8) is 0 Å². The SMILES string of the molecule is COc1cc(Cl)ccc1Oc1ccc(S(=O)(=O)N(C)C2CCCc3c2cnn3CC(=O)O)cc1Cl. The average Bonchev–Trinajstić information content (AvgIpc) is 3.23. The number of hydrogen-bond donors (Lipinski definition) is 1. The molecule has 1 N–H and O–H groups in total. The van der Waals surface area contributed by atoms with Gasteiger partial charge >= 0.3 is 5.97 Å². The van der Waals surface area contributed by atoms with E-state index in [2.05, 4.69) is 5.10 Å². The summed E-state index contributed by atoms with van der Waals surface area (Å²) in [6.45, 7) is -0.270. The van der Waals surface area contributed by atoms with Gasteiger partial charge in [-0.1, -0.05) is 23.2 Å². The molecule has 1 aromatic heterocycles. The molecule has 1 atom stereocenters. The molecule has 1 heterocycles. The molecule has 0 radical (unpaired) electrons. The number of benzene rings is 2. The highest BCUT2D eigenvalue weighted by Gasteiger charge is 2.34. The molecule has 12 heteroatoms. The summed E-state index contributed by atoms with van der Waals surface area (Å²) in [5, 5.41) is 13.9. The first kappa shape index (κ1) is 25.3. The van der Waals surface area contributed by atoms with Gasteiger partial charge < -0.3 is 14.6 Å². The van der Waals surface area contributed by atoms with E-state index in [0.29, 0.717) is 41.3 Å². The highest BCUT2D eigenvalue weighted by molar-refractivity contribution is 7.89. The number of carboxylic acid groups (broad SMARTS) is 1. The minimum Gasteiger partial charge on any atom is -0.493 e. The molecule has 0 fully saturated rings. The number of carbonyl (C=O) groups is 1. The third kappa shape index (κ3) is 5.11. The smallest absolute Gasteiger partial charge is 0.325 e. The number of rotatable bonds is 8. The lowest BCUT2D eigenvalue weighted by Crippen LogP contribution is -2.33. The summed E-state index contributed by atoms with van der Waals surface area (Å²) in [7, 11) is -0.947. The Morgan fingerprint density at radius 2 is 1.94 bits per heavy atom. The highest BCUT2D eigenvalue weighted by atomic mass is 35.5. The molecule has 1 aliphatic carbocycles. The molecule has 1 unspecified atom stereocenters. The summed E-state index contributed by atoms with van der Waals surface area (Å²) >= 11 is 12.4. The summed E-state index contributed by atoms with van der Waals surface area (Å²) in [5.41, 5.74) is 1.45. The first-order chi connectivity index (χ1) is 16.6. The van der Waals surface area contributed by atoms with Gasteiger partial charge in [0.25, 0.3) is 0 Å². The minimum absolute atomic E-state index is 0.00507. The molecule has 4 rings (SSSR count). The van der Waals surface area contributed by atoms with Crippen LogP contribution in [0.3, 0.4) is 0 Å². The van der Waals surface area contributed by atoms with E-state index < -0.39 is 22.0 Å². The number of methoxy groups -OCH3 is 1. The van der Waals surface area contributed by atoms with Gasteiger partial charge in [0.1, 0.15) is 12.3 Å². The van der Waals surface area contributed by atoms with E-state index in [9.17, 15) is 13.2 Å². The number of ether oxygens (including phenoxy) is 2. The molecule has 0 bridgehead atoms. The lowest BCUT2D eigenvalue weighted by molar-refractivity contribution is -0.137. The average molecular weight is 540 g/mol. The zero-order chi connectivity index (χ0) is 25.3. The Balaban J connectivity index is 1.60. The minimum atomic E-state index is -3.93. The van der Waals surface area contributed by atoms with Crippen molar-refractivity contribution in [1.82, 2.24) is 14.1 Å². The number of hydrogen-bond acceptors (Lipinski definition) is 6. The van der Waals surface area contributed by atoms with Gasteiger partial charge in [-0.05, 0) is 49.6 Å². The van der Waals surface area contributed by atoms with Gasteiger partial charge in [-0.3, -0.25) is 9.48 Å². The van der Waals surface area contributed by atoms with Gasteiger partial charge in [0, 0.05) is 29.4 Å². The number of halogens is 2. The van der Waals surface area contributed by atoms with Gasteiger partial charge in [-0.2, -0.15) is 9.40 Å². The van der Waals surface area contributed by atoms with Crippen molar-refractivity contribution in [2.75, 3.05) is 14.2 Å². The molecular formula is C23H23Cl2N3O6S. The van der Waals surface area contributed by atoms with Crippen LogP contribution in [0.4, 0.5) is 0 Å². The topological polar surface area (TPSA) is 111 Å². The Kier molecular flexibility index (Phi) is 7.27. The van der Waals surface area contributed by atoms with Crippen LogP contribution < -0.4 is 9.47 Å². The summed E-state index contributed by atoms with van der Waals surface area (Å²) in [4.78, 5) is 11.1. The van der Waals surface area contributed by atoms with Crippen molar-refractivity contribution >= 4 is 39.2 Å². The Morgan fingerprint density at radius 1 is 1.20 bits per heavy atom. The predicted octanol–water partition coefficient (Wildman–Crippen LogP) is 4.77. The second kappa shape index (κ2) is 10.1. The van der Waals surface area contributed by atoms with E-state index in [1.165, 1.54) is 41.3 Å². The number of aliphatic carboxylic acids is 1. The van der Waals surface area contributed by atoms with Gasteiger partial charge in [-0.15, -0.1) is 0 Å². The van der Waals surface area contributed by atoms with E-state index in [4.69, 9.17) is 37.8 Å². The standard InChI is InChI=1S/C23H23Cl2N3O6S/c1-27(18-4-3-5-19-16(18)12-26-28(19)13-23(29)30)35(31,32)15-7-9-20(17(25)11-15)34-21-8-6-14(24)10-22(21)33-2/h6-12,18H,3-5,13H2,1-2H3,(H,29,30). The quantitative estimate of drug-likeness (QED) is 0.438. The summed E-state index contributed by atoms with van der Waals surface area (Å²) in [6, 6.07) is 8.62. The third-order valence-electron chi connectivity index (χ3n) is 5.88. The number of carboxylic acids is 1. The maximum absolute atomic E-state index is 13.5. The Bertz CT molecular complexity index is 1380. The molecule has 35 heavy (non-hydrogen) atoms. The molecule has 2 aromatic carbocycles. The summed E-state index contributed by atoms with van der Waals surface area (Å²) in [5.74, 6) is 0.0251. The number of sulfonamides is 1. The Hall–Kier alpha value is -2.79. The third-order valence-corrected chi connectivity index (χ3v) is 8.27. The summed E-state index contributed by atoms with van der Waals surface area (Å²) in [6.07, 6.45) is 3.49. The van der Waals surface area contributed by atoms with E-state index in [-0.39, 0.29) is 22.2 Å². The van der Waals surface area contributed by atoms with Gasteiger partial charge in [0.2, 0.25) is 10.0 Å². The van der Waals surface area contributed by atoms with Crippen LogP contribution in [0.25, 0.3) is 0 Å². The maximum Gasteiger partial charge on any atom is 0.325 e. The van der Waals surface area contributed by atoms with Crippen molar-refractivity contribution in [2.45, 2.75) is 36.7 Å². The van der Waals surface area contributed by atoms with Crippen LogP contribution in [-0.2, 0) is 27.8 Å². The Morgan fingerprint density at radius 3 is 2.63 bits per heavy atom. The van der Waals surface area contributed by atoms with Crippen molar-refractivity contribution in [3.05, 3.63) is 63.9 Å². The summed E-state index contributed by atoms with van der Waals surface area (Å²) < 4.78 is 40.7. The van der Waals surface area contributed by atoms with E-state index in [1.54, 1.807) is 24.4 Å². The maximum atomic E-state index is 13.5. The number of nitrogens with zero attached hydrogens (tertiary/aromatic N) is 3. The molecular weight excluding hydrogens is 517 g/mol. The van der Waals surface area contributed by atoms with Crippen LogP contribution >= 0.6 is 23.2 Å². The molecule has 186 valence electrons. The largest absolute Gasteiger partial charge is 0.493 e. The predicted molar refractivity (Wildman–Crippen MR) is 130 cm³/mol. The second-order valence-electron chi connectivity index (χ2n) is 8.02. The zero-order valence-corrected chi connectivity index (χ0v) is 21.3. The molecule has 1 aliphatic rings. The fourth-order valence-electron chi connectivity index (χ4n) is 4.14. The molecule has 0 aliphatic heterocycles. The van der Waals surface area contributed by atoms with E-state index >= 15 is 0 Å². The number of fused-ring (bicyclic) bond motifs is 1. The highest BCUT2D eigenvalue weighted by Crippen LogP contribution is 2.40. The molecule has 0 amide bonds. The van der Waals surface area contributed by atoms with E-state index in [1.807, 2.05) is 0 Å². The van der Waals surface area contributed by atoms with Crippen LogP contribution in [0.1, 0.15) is 30.1 Å². The fraction of sp³-hybridized carbons (Fsp3) is 0.304. The van der Waals surface area contributed by atoms with Gasteiger partial charge in [0.05, 0.1) is 29.3 Å². The Labute approximate surface area is 212 Å². The molecule has 0 spiro atoms. The second-order valence-corrected chi connectivity index (χ2v) is 10.9. The molecule has 9 nitrogen and oxygen atoms in total. The van der Waals surface area contributed by atoms with Crippen LogP contribution in [0.5, 0.6) is 17.2 Å². The van der Waals surface area contributed by atoms with Crippen LogP contribution in [0, 0.1) is 0 Å². The molecule has 3 aromatic rings. The monoisotopic (exact) mass is 539 g/mol. The van der Waals surface area contributed by atoms with Crippen molar-refractivity contribution in [3.8, 4) is 17.2 Å². The van der Waals surface area contributed by atoms with Gasteiger partial charge in [0.15, 0.2) is 11.5 Å².